The summed E-state index contributed by atoms with van der Waals surface area (Å²) in [6.45, 7) is 15.4. The largest absolute Gasteiger partial charge is 0.373 e. The van der Waals surface area contributed by atoms with E-state index in [0.29, 0.717) is 19.2 Å². The average molecular weight is 519 g/mol. The van der Waals surface area contributed by atoms with Gasteiger partial charge in [-0.3, -0.25) is 4.79 Å². The van der Waals surface area contributed by atoms with Crippen LogP contribution in [0.3, 0.4) is 0 Å². The molecule has 36 heavy (non-hydrogen) atoms. The number of rotatable bonds is 13. The van der Waals surface area contributed by atoms with E-state index in [1.165, 1.54) is 5.57 Å². The Labute approximate surface area is 219 Å². The quantitative estimate of drug-likeness (QED) is 0.221. The first-order valence-corrected chi connectivity index (χ1v) is 17.8. The van der Waals surface area contributed by atoms with Gasteiger partial charge in [0.05, 0.1) is 0 Å². The van der Waals surface area contributed by atoms with Crippen LogP contribution in [0.25, 0.3) is 0 Å². The molecule has 1 aromatic rings. The molecule has 0 spiro atoms. The minimum atomic E-state index is -1.62. The molecule has 1 unspecified atom stereocenters. The van der Waals surface area contributed by atoms with E-state index in [2.05, 4.69) is 54.8 Å². The number of carbonyl (C=O) groups excluding carboxylic acids is 1. The van der Waals surface area contributed by atoms with E-state index in [-0.39, 0.29) is 17.9 Å². The first-order chi connectivity index (χ1) is 17.1. The third-order valence-electron chi connectivity index (χ3n) is 7.99. The molecule has 0 radical (unpaired) electrons. The minimum absolute atomic E-state index is 0.0889. The van der Waals surface area contributed by atoms with E-state index in [0.717, 1.165) is 77.0 Å². The zero-order chi connectivity index (χ0) is 26.2. The van der Waals surface area contributed by atoms with Crippen molar-refractivity contribution >= 4 is 14.0 Å². The fourth-order valence-electron chi connectivity index (χ4n) is 5.34. The maximum Gasteiger partial charge on any atom is 0.260 e. The Morgan fingerprint density at radius 3 is 2.58 bits per heavy atom. The second-order valence-electron chi connectivity index (χ2n) is 12.1. The average Bonchev–Trinajstić information content (AvgIpc) is 3.54. The predicted molar refractivity (Wildman–Crippen MR) is 148 cm³/mol. The fraction of sp³-hybridized carbons (Fsp3) is 0.786. The number of aromatic nitrogens is 2. The van der Waals surface area contributed by atoms with Gasteiger partial charge in [-0.2, -0.15) is 0 Å². The van der Waals surface area contributed by atoms with E-state index in [4.69, 9.17) is 4.74 Å². The van der Waals surface area contributed by atoms with Crippen LogP contribution in [0.2, 0.25) is 25.7 Å². The first-order valence-electron chi connectivity index (χ1n) is 14.1. The fourth-order valence-corrected chi connectivity index (χ4v) is 6.10. The van der Waals surface area contributed by atoms with E-state index in [1.54, 1.807) is 6.20 Å². The van der Waals surface area contributed by atoms with Gasteiger partial charge >= 0.3 is 0 Å². The Kier molecular flexibility index (Phi) is 10.8. The number of allylic oxidation sites excluding steroid dienone is 1. The van der Waals surface area contributed by atoms with Crippen LogP contribution in [-0.2, 0) is 21.9 Å². The zero-order valence-corrected chi connectivity index (χ0v) is 24.4. The molecule has 1 amide bonds. The van der Waals surface area contributed by atoms with Gasteiger partial charge in [0, 0.05) is 58.7 Å². The van der Waals surface area contributed by atoms with E-state index < -0.39 is 13.7 Å². The maximum absolute atomic E-state index is 13.7. The lowest BCUT2D eigenvalue weighted by Crippen LogP contribution is -2.55. The molecule has 1 saturated heterocycles. The van der Waals surface area contributed by atoms with Crippen LogP contribution in [-0.4, -0.2) is 65.8 Å². The Bertz CT molecular complexity index is 851. The third kappa shape index (κ3) is 8.01. The lowest BCUT2D eigenvalue weighted by molar-refractivity contribution is -0.150. The second-order valence-corrected chi connectivity index (χ2v) is 17.7. The van der Waals surface area contributed by atoms with Crippen molar-refractivity contribution in [3.8, 4) is 0 Å². The van der Waals surface area contributed by atoms with Crippen molar-refractivity contribution in [1.82, 2.24) is 19.8 Å². The highest BCUT2D eigenvalue weighted by atomic mass is 28.3. The Hall–Kier alpha value is -1.48. The van der Waals surface area contributed by atoms with E-state index in [9.17, 15) is 9.90 Å². The molecule has 204 valence electrons. The molecule has 2 heterocycles. The highest BCUT2D eigenvalue weighted by molar-refractivity contribution is 6.76. The molecular weight excluding hydrogens is 468 g/mol. The van der Waals surface area contributed by atoms with Gasteiger partial charge in [-0.05, 0) is 51.5 Å². The summed E-state index contributed by atoms with van der Waals surface area (Å²) in [7, 11) is -1.18. The molecule has 2 fully saturated rings. The van der Waals surface area contributed by atoms with Crippen LogP contribution in [0.5, 0.6) is 0 Å². The van der Waals surface area contributed by atoms with Gasteiger partial charge in [0.1, 0.15) is 6.73 Å². The maximum atomic E-state index is 13.7. The summed E-state index contributed by atoms with van der Waals surface area (Å²) in [5.41, 5.74) is -0.176. The summed E-state index contributed by atoms with van der Waals surface area (Å²) in [6.07, 6.45) is 13.6. The summed E-state index contributed by atoms with van der Waals surface area (Å²) in [5.74, 6) is 0.0219. The summed E-state index contributed by atoms with van der Waals surface area (Å²) in [4.78, 5) is 20.7. The van der Waals surface area contributed by atoms with Crippen LogP contribution < -0.4 is 5.32 Å². The van der Waals surface area contributed by atoms with Crippen molar-refractivity contribution in [2.75, 3.05) is 26.2 Å². The molecule has 2 aliphatic rings. The van der Waals surface area contributed by atoms with Crippen molar-refractivity contribution in [2.45, 2.75) is 109 Å². The summed E-state index contributed by atoms with van der Waals surface area (Å²) in [6, 6.07) is 1.17. The second kappa shape index (κ2) is 13.4. The highest BCUT2D eigenvalue weighted by Gasteiger charge is 2.50. The molecule has 1 atom stereocenters. The molecule has 3 rings (SSSR count). The lowest BCUT2D eigenvalue weighted by atomic mass is 9.83. The molecule has 2 N–H and O–H groups in total. The number of ether oxygens (including phenoxy) is 1. The molecule has 0 aromatic carbocycles. The topological polar surface area (TPSA) is 79.6 Å². The number of aliphatic hydroxyl groups is 1. The molecular formula is C28H50N4O3Si. The molecule has 0 bridgehead atoms. The molecule has 1 saturated carbocycles. The van der Waals surface area contributed by atoms with Gasteiger partial charge in [0.2, 0.25) is 5.60 Å². The SMILES string of the molecule is CC/C(C)=C\CCN1CCC(NC(=O)C(O)(c2nccn2COCC[Si](C)(C)C)C2CCCC2)CC1. The number of piperidine rings is 1. The Balaban J connectivity index is 1.62. The van der Waals surface area contributed by atoms with Crippen molar-refractivity contribution in [3.63, 3.8) is 0 Å². The first kappa shape index (κ1) is 29.1. The number of hydrogen-bond acceptors (Lipinski definition) is 5. The number of hydrogen-bond donors (Lipinski definition) is 2. The molecule has 7 nitrogen and oxygen atoms in total. The number of carbonyl (C=O) groups is 1. The molecule has 1 aromatic heterocycles. The van der Waals surface area contributed by atoms with Crippen LogP contribution in [0, 0.1) is 5.92 Å². The van der Waals surface area contributed by atoms with Crippen LogP contribution >= 0.6 is 0 Å². The summed E-state index contributed by atoms with van der Waals surface area (Å²) in [5, 5.41) is 15.2. The summed E-state index contributed by atoms with van der Waals surface area (Å²) >= 11 is 0. The van der Waals surface area contributed by atoms with Gasteiger partial charge in [-0.1, -0.05) is 51.1 Å². The van der Waals surface area contributed by atoms with Gasteiger partial charge in [0.25, 0.3) is 5.91 Å². The number of nitrogens with one attached hydrogen (secondary N) is 1. The molecule has 8 heteroatoms. The monoisotopic (exact) mass is 518 g/mol. The number of amides is 1. The van der Waals surface area contributed by atoms with Gasteiger partial charge < -0.3 is 24.6 Å². The van der Waals surface area contributed by atoms with Crippen molar-refractivity contribution in [1.29, 1.82) is 0 Å². The highest BCUT2D eigenvalue weighted by Crippen LogP contribution is 2.40. The van der Waals surface area contributed by atoms with Crippen LogP contribution in [0.4, 0.5) is 0 Å². The normalized spacial score (nSPS) is 20.6. The van der Waals surface area contributed by atoms with E-state index >= 15 is 0 Å². The summed E-state index contributed by atoms with van der Waals surface area (Å²) < 4.78 is 7.78. The zero-order valence-electron chi connectivity index (χ0n) is 23.4. The third-order valence-corrected chi connectivity index (χ3v) is 9.70. The van der Waals surface area contributed by atoms with Crippen LogP contribution in [0.15, 0.2) is 24.0 Å². The van der Waals surface area contributed by atoms with Gasteiger partial charge in [0.15, 0.2) is 5.82 Å². The molecule has 1 aliphatic heterocycles. The van der Waals surface area contributed by atoms with Gasteiger partial charge in [-0.15, -0.1) is 0 Å². The Morgan fingerprint density at radius 1 is 1.25 bits per heavy atom. The smallest absolute Gasteiger partial charge is 0.260 e. The van der Waals surface area contributed by atoms with Gasteiger partial charge in [-0.25, -0.2) is 4.98 Å². The Morgan fingerprint density at radius 2 is 1.94 bits per heavy atom. The van der Waals surface area contributed by atoms with E-state index in [1.807, 2.05) is 10.8 Å². The standard InChI is InChI=1S/C28H50N4O3Si/c1-6-23(2)10-9-16-31-17-13-25(14-18-31)30-27(33)28(34,24-11-7-8-12-24)26-29-15-19-32(26)22-35-20-21-36(3,4)5/h10,15,19,24-25,34H,6-9,11-14,16-18,20-22H2,1-5H3,(H,30,33)/b23-10-. The van der Waals surface area contributed by atoms with Crippen molar-refractivity contribution in [2.24, 2.45) is 5.92 Å². The van der Waals surface area contributed by atoms with Crippen molar-refractivity contribution in [3.05, 3.63) is 29.9 Å². The molecule has 1 aliphatic carbocycles. The van der Waals surface area contributed by atoms with Crippen molar-refractivity contribution < 1.29 is 14.6 Å². The minimum Gasteiger partial charge on any atom is -0.373 e. The number of imidazole rings is 1. The number of nitrogens with zero attached hydrogens (tertiary/aromatic N) is 3. The van der Waals surface area contributed by atoms with Crippen LogP contribution in [0.1, 0.15) is 71.0 Å². The lowest BCUT2D eigenvalue weighted by Gasteiger charge is -2.36. The number of likely N-dealkylation sites (tertiary alicyclic amines) is 1. The predicted octanol–water partition coefficient (Wildman–Crippen LogP) is 4.90.